The maximum Gasteiger partial charge on any atom is 0.364 e. The molecule has 0 saturated heterocycles. The van der Waals surface area contributed by atoms with Crippen LogP contribution < -0.4 is 10.6 Å². The van der Waals surface area contributed by atoms with Crippen LogP contribution in [-0.4, -0.2) is 29.2 Å². The fraction of sp³-hybridized carbons (Fsp3) is 0.789. The summed E-state index contributed by atoms with van der Waals surface area (Å²) in [5, 5.41) is 14.6. The molecule has 0 aromatic carbocycles. The van der Waals surface area contributed by atoms with Crippen LogP contribution in [0.15, 0.2) is 11.9 Å². The van der Waals surface area contributed by atoms with Crippen molar-refractivity contribution < 1.29 is 19.1 Å². The van der Waals surface area contributed by atoms with Crippen molar-refractivity contribution >= 4 is 12.0 Å². The summed E-state index contributed by atoms with van der Waals surface area (Å²) < 4.78 is 12.8. The Kier molecular flexibility index (Phi) is 5.64. The molecule has 5 nitrogen and oxygen atoms in total. The number of carboxylic acid groups (broad SMARTS) is 1. The lowest BCUT2D eigenvalue weighted by atomic mass is 9.53. The topological polar surface area (TPSA) is 78.4 Å². The first-order chi connectivity index (χ1) is 12.0. The number of carbonyl (C=O) groups is 2. The van der Waals surface area contributed by atoms with E-state index >= 15 is 0 Å². The van der Waals surface area contributed by atoms with E-state index in [1.54, 1.807) is 0 Å². The van der Waals surface area contributed by atoms with Gasteiger partial charge in [-0.25, -0.2) is 9.59 Å². The van der Waals surface area contributed by atoms with Crippen LogP contribution in [-0.2, 0) is 4.79 Å². The first kappa shape index (κ1) is 18.2. The molecule has 0 unspecified atom stereocenters. The number of halogens is 1. The van der Waals surface area contributed by atoms with Gasteiger partial charge >= 0.3 is 12.0 Å². The molecule has 4 rings (SSSR count). The number of nitrogens with one attached hydrogen (secondary N) is 2. The van der Waals surface area contributed by atoms with Gasteiger partial charge in [-0.05, 0) is 81.6 Å². The van der Waals surface area contributed by atoms with Crippen LogP contribution >= 0.6 is 0 Å². The van der Waals surface area contributed by atoms with Crippen LogP contribution in [0, 0.1) is 17.8 Å². The zero-order valence-electron chi connectivity index (χ0n) is 14.7. The molecule has 0 radical (unpaired) electrons. The predicted molar refractivity (Wildman–Crippen MR) is 92.7 cm³/mol. The van der Waals surface area contributed by atoms with Crippen molar-refractivity contribution in [1.82, 2.24) is 10.6 Å². The van der Waals surface area contributed by atoms with E-state index in [9.17, 15) is 14.0 Å². The van der Waals surface area contributed by atoms with Crippen LogP contribution in [0.1, 0.15) is 64.2 Å². The van der Waals surface area contributed by atoms with E-state index in [-0.39, 0.29) is 11.6 Å². The fourth-order valence-electron chi connectivity index (χ4n) is 5.51. The maximum absolute atomic E-state index is 12.8. The number of aliphatic carboxylic acids is 1. The van der Waals surface area contributed by atoms with Crippen LogP contribution in [0.5, 0.6) is 0 Å². The highest BCUT2D eigenvalue weighted by molar-refractivity contribution is 5.83. The van der Waals surface area contributed by atoms with E-state index in [1.807, 2.05) is 0 Å². The number of hydrogen-bond acceptors (Lipinski definition) is 2. The Bertz CT molecular complexity index is 512. The van der Waals surface area contributed by atoms with E-state index in [4.69, 9.17) is 5.11 Å². The van der Waals surface area contributed by atoms with Crippen molar-refractivity contribution in [2.75, 3.05) is 6.54 Å². The van der Waals surface area contributed by atoms with Gasteiger partial charge in [0, 0.05) is 12.1 Å². The lowest BCUT2D eigenvalue weighted by Crippen LogP contribution is -2.61. The molecule has 0 spiro atoms. The molecular formula is C19H29FN2O3. The first-order valence-corrected chi connectivity index (χ1v) is 9.61. The van der Waals surface area contributed by atoms with Crippen LogP contribution in [0.3, 0.4) is 0 Å². The Morgan fingerprint density at radius 3 is 2.20 bits per heavy atom. The third-order valence-corrected chi connectivity index (χ3v) is 6.11. The number of carboxylic acids is 1. The summed E-state index contributed by atoms with van der Waals surface area (Å²) >= 11 is 0. The molecule has 25 heavy (non-hydrogen) atoms. The molecule has 0 aromatic rings. The molecule has 0 aliphatic heterocycles. The molecule has 4 saturated carbocycles. The lowest BCUT2D eigenvalue weighted by Gasteiger charge is -2.56. The molecule has 6 heteroatoms. The van der Waals surface area contributed by atoms with Gasteiger partial charge in [-0.3, -0.25) is 0 Å². The predicted octanol–water partition coefficient (Wildman–Crippen LogP) is 3.75. The number of allylic oxidation sites excluding steroid dienone is 1. The van der Waals surface area contributed by atoms with Gasteiger partial charge in [0.25, 0.3) is 0 Å². The molecule has 0 heterocycles. The molecule has 3 N–H and O–H groups in total. The maximum atomic E-state index is 12.8. The van der Waals surface area contributed by atoms with Gasteiger partial charge < -0.3 is 15.7 Å². The van der Waals surface area contributed by atoms with Gasteiger partial charge in [-0.2, -0.15) is 4.39 Å². The number of unbranched alkanes of at least 4 members (excludes halogenated alkanes) is 3. The summed E-state index contributed by atoms with van der Waals surface area (Å²) in [5.41, 5.74) is 0.0397. The van der Waals surface area contributed by atoms with Gasteiger partial charge in [0.15, 0.2) is 0 Å². The van der Waals surface area contributed by atoms with Crippen molar-refractivity contribution in [3.63, 3.8) is 0 Å². The van der Waals surface area contributed by atoms with Crippen molar-refractivity contribution in [2.24, 2.45) is 17.8 Å². The Morgan fingerprint density at radius 1 is 1.04 bits per heavy atom. The van der Waals surface area contributed by atoms with Gasteiger partial charge in [-0.15, -0.1) is 0 Å². The minimum absolute atomic E-state index is 0.0397. The van der Waals surface area contributed by atoms with Gasteiger partial charge in [0.2, 0.25) is 5.83 Å². The number of amides is 2. The minimum atomic E-state index is -1.51. The smallest absolute Gasteiger partial charge is 0.364 e. The van der Waals surface area contributed by atoms with Crippen molar-refractivity contribution in [2.45, 2.75) is 69.7 Å². The third kappa shape index (κ3) is 4.73. The van der Waals surface area contributed by atoms with Gasteiger partial charge in [0.05, 0.1) is 0 Å². The van der Waals surface area contributed by atoms with Crippen LogP contribution in [0.2, 0.25) is 0 Å². The average molecular weight is 352 g/mol. The van der Waals surface area contributed by atoms with Gasteiger partial charge in [-0.1, -0.05) is 6.42 Å². The average Bonchev–Trinajstić information content (AvgIpc) is 2.51. The Labute approximate surface area is 148 Å². The molecule has 4 fully saturated rings. The fourth-order valence-corrected chi connectivity index (χ4v) is 5.51. The number of urea groups is 1. The number of rotatable bonds is 8. The van der Waals surface area contributed by atoms with E-state index in [2.05, 4.69) is 10.6 Å². The number of hydrogen-bond donors (Lipinski definition) is 3. The standard InChI is InChI=1S/C19H29FN2O3/c20-16(17(23)24)5-3-1-2-4-6-21-18(25)22-19-10-13-7-14(11-19)9-15(8-13)12-19/h5,13-15H,1-4,6-12H2,(H,23,24)(H2,21,22,25). The quantitative estimate of drug-likeness (QED) is 0.460. The molecule has 4 aliphatic carbocycles. The monoisotopic (exact) mass is 352 g/mol. The summed E-state index contributed by atoms with van der Waals surface area (Å²) in [6.45, 7) is 0.601. The van der Waals surface area contributed by atoms with Crippen molar-refractivity contribution in [1.29, 1.82) is 0 Å². The minimum Gasteiger partial charge on any atom is -0.476 e. The summed E-state index contributed by atoms with van der Waals surface area (Å²) in [6, 6.07) is -0.0567. The van der Waals surface area contributed by atoms with Crippen LogP contribution in [0.25, 0.3) is 0 Å². The van der Waals surface area contributed by atoms with E-state index < -0.39 is 11.8 Å². The molecule has 2 amide bonds. The second kappa shape index (κ2) is 7.75. The Morgan fingerprint density at radius 2 is 1.64 bits per heavy atom. The molecular weight excluding hydrogens is 323 g/mol. The molecule has 140 valence electrons. The molecule has 0 atom stereocenters. The molecule has 4 aliphatic rings. The number of carbonyl (C=O) groups excluding carboxylic acids is 1. The Hall–Kier alpha value is -1.59. The van der Waals surface area contributed by atoms with E-state index in [0.717, 1.165) is 62.4 Å². The molecule has 0 aromatic heterocycles. The summed E-state index contributed by atoms with van der Waals surface area (Å²) in [5.74, 6) is -0.168. The van der Waals surface area contributed by atoms with Crippen molar-refractivity contribution in [3.8, 4) is 0 Å². The second-order valence-corrected chi connectivity index (χ2v) is 8.29. The highest BCUT2D eigenvalue weighted by Gasteiger charge is 2.51. The molecule has 4 bridgehead atoms. The largest absolute Gasteiger partial charge is 0.476 e. The second-order valence-electron chi connectivity index (χ2n) is 8.29. The SMILES string of the molecule is O=C(NCCCCCC=C(F)C(=O)O)NC12CC3CC(CC(C3)C1)C2. The summed E-state index contributed by atoms with van der Waals surface area (Å²) in [4.78, 5) is 22.5. The highest BCUT2D eigenvalue weighted by atomic mass is 19.1. The zero-order valence-corrected chi connectivity index (χ0v) is 14.7. The summed E-state index contributed by atoms with van der Waals surface area (Å²) in [6.07, 6.45) is 11.4. The normalized spacial score (nSPS) is 33.3. The van der Waals surface area contributed by atoms with E-state index in [1.165, 1.54) is 19.3 Å². The third-order valence-electron chi connectivity index (χ3n) is 6.11. The highest BCUT2D eigenvalue weighted by Crippen LogP contribution is 2.55. The van der Waals surface area contributed by atoms with Gasteiger partial charge in [0.1, 0.15) is 0 Å². The zero-order chi connectivity index (χ0) is 17.9. The summed E-state index contributed by atoms with van der Waals surface area (Å²) in [7, 11) is 0. The van der Waals surface area contributed by atoms with Crippen molar-refractivity contribution in [3.05, 3.63) is 11.9 Å². The van der Waals surface area contributed by atoms with Crippen LogP contribution in [0.4, 0.5) is 9.18 Å². The first-order valence-electron chi connectivity index (χ1n) is 9.61. The lowest BCUT2D eigenvalue weighted by molar-refractivity contribution is -0.134. The van der Waals surface area contributed by atoms with E-state index in [0.29, 0.717) is 13.0 Å². The Balaban J connectivity index is 1.30.